The lowest BCUT2D eigenvalue weighted by Gasteiger charge is -2.00. The SMILES string of the molecule is Cc1nn(-c2ccccc2Cl)c(=O)[nH]1. The largest absolute Gasteiger partial charge is 0.348 e. The van der Waals surface area contributed by atoms with Crippen molar-refractivity contribution in [3.63, 3.8) is 0 Å². The average Bonchev–Trinajstić information content (AvgIpc) is 2.46. The van der Waals surface area contributed by atoms with E-state index in [0.29, 0.717) is 16.5 Å². The topological polar surface area (TPSA) is 50.7 Å². The van der Waals surface area contributed by atoms with E-state index in [1.165, 1.54) is 4.68 Å². The molecule has 0 spiro atoms. The molecule has 1 heterocycles. The molecule has 0 saturated heterocycles. The molecule has 0 amide bonds. The molecule has 72 valence electrons. The molecule has 0 radical (unpaired) electrons. The predicted molar refractivity (Wildman–Crippen MR) is 53.9 cm³/mol. The van der Waals surface area contributed by atoms with Crippen molar-refractivity contribution in [2.75, 3.05) is 0 Å². The van der Waals surface area contributed by atoms with Crippen LogP contribution in [0.4, 0.5) is 0 Å². The van der Waals surface area contributed by atoms with E-state index in [4.69, 9.17) is 11.6 Å². The minimum absolute atomic E-state index is 0.282. The van der Waals surface area contributed by atoms with Crippen LogP contribution in [0.25, 0.3) is 5.69 Å². The summed E-state index contributed by atoms with van der Waals surface area (Å²) < 4.78 is 1.25. The molecular weight excluding hydrogens is 202 g/mol. The molecular formula is C9H8ClN3O. The van der Waals surface area contributed by atoms with E-state index in [-0.39, 0.29) is 5.69 Å². The Morgan fingerprint density at radius 2 is 2.14 bits per heavy atom. The summed E-state index contributed by atoms with van der Waals surface area (Å²) in [5.74, 6) is 0.565. The number of aryl methyl sites for hydroxylation is 1. The third-order valence-electron chi connectivity index (χ3n) is 1.81. The van der Waals surface area contributed by atoms with Gasteiger partial charge in [-0.2, -0.15) is 9.78 Å². The van der Waals surface area contributed by atoms with Crippen LogP contribution in [0.15, 0.2) is 29.1 Å². The molecule has 2 rings (SSSR count). The van der Waals surface area contributed by atoms with Crippen LogP contribution < -0.4 is 5.69 Å². The number of H-pyrrole nitrogens is 1. The zero-order valence-electron chi connectivity index (χ0n) is 7.49. The Balaban J connectivity index is 2.66. The van der Waals surface area contributed by atoms with Gasteiger partial charge in [0.2, 0.25) is 0 Å². The van der Waals surface area contributed by atoms with Gasteiger partial charge in [0.25, 0.3) is 0 Å². The molecule has 1 aromatic heterocycles. The van der Waals surface area contributed by atoms with Gasteiger partial charge in [0.1, 0.15) is 5.82 Å². The quantitative estimate of drug-likeness (QED) is 0.774. The van der Waals surface area contributed by atoms with E-state index >= 15 is 0 Å². The van der Waals surface area contributed by atoms with Gasteiger partial charge in [0.05, 0.1) is 10.7 Å². The summed E-state index contributed by atoms with van der Waals surface area (Å²) in [6, 6.07) is 7.06. The second-order valence-corrected chi connectivity index (χ2v) is 3.29. The maximum Gasteiger partial charge on any atom is 0.348 e. The van der Waals surface area contributed by atoms with E-state index in [1.54, 1.807) is 31.2 Å². The molecule has 0 bridgehead atoms. The molecule has 0 aliphatic rings. The lowest BCUT2D eigenvalue weighted by Crippen LogP contribution is -2.16. The second kappa shape index (κ2) is 3.31. The number of para-hydroxylation sites is 1. The molecule has 0 fully saturated rings. The Morgan fingerprint density at radius 1 is 1.43 bits per heavy atom. The van der Waals surface area contributed by atoms with E-state index in [9.17, 15) is 4.79 Å². The number of hydrogen-bond donors (Lipinski definition) is 1. The van der Waals surface area contributed by atoms with Gasteiger partial charge in [-0.05, 0) is 19.1 Å². The Labute approximate surface area is 85.1 Å². The zero-order valence-corrected chi connectivity index (χ0v) is 8.25. The van der Waals surface area contributed by atoms with Crippen molar-refractivity contribution in [1.29, 1.82) is 0 Å². The van der Waals surface area contributed by atoms with Gasteiger partial charge < -0.3 is 0 Å². The van der Waals surface area contributed by atoms with Crippen LogP contribution in [0.1, 0.15) is 5.82 Å². The lowest BCUT2D eigenvalue weighted by atomic mass is 10.3. The van der Waals surface area contributed by atoms with Crippen molar-refractivity contribution < 1.29 is 0 Å². The van der Waals surface area contributed by atoms with Crippen LogP contribution in [-0.2, 0) is 0 Å². The number of nitrogens with one attached hydrogen (secondary N) is 1. The first-order valence-electron chi connectivity index (χ1n) is 4.09. The third-order valence-corrected chi connectivity index (χ3v) is 2.13. The standard InChI is InChI=1S/C9H8ClN3O/c1-6-11-9(14)13(12-6)8-5-3-2-4-7(8)10/h2-5H,1H3,(H,11,12,14). The number of hydrogen-bond acceptors (Lipinski definition) is 2. The van der Waals surface area contributed by atoms with E-state index in [0.717, 1.165) is 0 Å². The van der Waals surface area contributed by atoms with Crippen LogP contribution >= 0.6 is 11.6 Å². The molecule has 0 saturated carbocycles. The molecule has 14 heavy (non-hydrogen) atoms. The summed E-state index contributed by atoms with van der Waals surface area (Å²) >= 11 is 5.93. The van der Waals surface area contributed by atoms with Crippen LogP contribution in [0.2, 0.25) is 5.02 Å². The molecule has 0 unspecified atom stereocenters. The Morgan fingerprint density at radius 3 is 2.71 bits per heavy atom. The van der Waals surface area contributed by atoms with E-state index < -0.39 is 0 Å². The van der Waals surface area contributed by atoms with Gasteiger partial charge in [0.15, 0.2) is 0 Å². The Bertz CT molecular complexity index is 515. The fraction of sp³-hybridized carbons (Fsp3) is 0.111. The van der Waals surface area contributed by atoms with Gasteiger partial charge in [-0.25, -0.2) is 4.79 Å². The normalized spacial score (nSPS) is 10.4. The number of rotatable bonds is 1. The number of aromatic amines is 1. The molecule has 2 aromatic rings. The fourth-order valence-corrected chi connectivity index (χ4v) is 1.43. The van der Waals surface area contributed by atoms with Crippen LogP contribution in [0, 0.1) is 6.92 Å². The highest BCUT2D eigenvalue weighted by molar-refractivity contribution is 6.32. The average molecular weight is 210 g/mol. The van der Waals surface area contributed by atoms with E-state index in [2.05, 4.69) is 10.1 Å². The molecule has 1 aromatic carbocycles. The van der Waals surface area contributed by atoms with Crippen molar-refractivity contribution in [3.8, 4) is 5.69 Å². The first-order chi connectivity index (χ1) is 6.68. The van der Waals surface area contributed by atoms with Gasteiger partial charge in [-0.1, -0.05) is 23.7 Å². The van der Waals surface area contributed by atoms with Crippen molar-refractivity contribution in [2.45, 2.75) is 6.92 Å². The van der Waals surface area contributed by atoms with Crippen LogP contribution in [0.5, 0.6) is 0 Å². The minimum atomic E-state index is -0.282. The number of halogens is 1. The number of aromatic nitrogens is 3. The van der Waals surface area contributed by atoms with Crippen LogP contribution in [0.3, 0.4) is 0 Å². The summed E-state index contributed by atoms with van der Waals surface area (Å²) in [5.41, 5.74) is 0.305. The van der Waals surface area contributed by atoms with Gasteiger partial charge in [0, 0.05) is 0 Å². The number of benzene rings is 1. The first kappa shape index (κ1) is 9.02. The maximum absolute atomic E-state index is 11.4. The lowest BCUT2D eigenvalue weighted by molar-refractivity contribution is 0.833. The molecule has 5 heteroatoms. The van der Waals surface area contributed by atoms with Crippen LogP contribution in [-0.4, -0.2) is 14.8 Å². The summed E-state index contributed by atoms with van der Waals surface area (Å²) in [6.45, 7) is 1.72. The van der Waals surface area contributed by atoms with Crippen molar-refractivity contribution in [1.82, 2.24) is 14.8 Å². The van der Waals surface area contributed by atoms with E-state index in [1.807, 2.05) is 0 Å². The monoisotopic (exact) mass is 209 g/mol. The molecule has 0 aliphatic carbocycles. The minimum Gasteiger partial charge on any atom is -0.293 e. The predicted octanol–water partition coefficient (Wildman–Crippen LogP) is 1.52. The maximum atomic E-state index is 11.4. The third kappa shape index (κ3) is 1.44. The highest BCUT2D eigenvalue weighted by atomic mass is 35.5. The second-order valence-electron chi connectivity index (χ2n) is 2.88. The molecule has 0 atom stereocenters. The summed E-state index contributed by atoms with van der Waals surface area (Å²) in [5, 5.41) is 4.51. The number of nitrogens with zero attached hydrogens (tertiary/aromatic N) is 2. The molecule has 1 N–H and O–H groups in total. The van der Waals surface area contributed by atoms with Crippen molar-refractivity contribution >= 4 is 11.6 Å². The van der Waals surface area contributed by atoms with Crippen molar-refractivity contribution in [2.24, 2.45) is 0 Å². The summed E-state index contributed by atoms with van der Waals surface area (Å²) in [4.78, 5) is 13.9. The smallest absolute Gasteiger partial charge is 0.293 e. The van der Waals surface area contributed by atoms with Gasteiger partial charge >= 0.3 is 5.69 Å². The molecule has 4 nitrogen and oxygen atoms in total. The summed E-state index contributed by atoms with van der Waals surface area (Å²) in [6.07, 6.45) is 0. The Kier molecular flexibility index (Phi) is 2.13. The Hall–Kier alpha value is -1.55. The fourth-order valence-electron chi connectivity index (χ4n) is 1.21. The van der Waals surface area contributed by atoms with Gasteiger partial charge in [-0.3, -0.25) is 4.98 Å². The van der Waals surface area contributed by atoms with Gasteiger partial charge in [-0.15, -0.1) is 0 Å². The zero-order chi connectivity index (χ0) is 10.1. The first-order valence-corrected chi connectivity index (χ1v) is 4.47. The van der Waals surface area contributed by atoms with Crippen molar-refractivity contribution in [3.05, 3.63) is 45.6 Å². The highest BCUT2D eigenvalue weighted by Gasteiger charge is 2.06. The molecule has 0 aliphatic heterocycles. The summed E-state index contributed by atoms with van der Waals surface area (Å²) in [7, 11) is 0. The highest BCUT2D eigenvalue weighted by Crippen LogP contribution is 2.16.